The molecule has 3 rings (SSSR count). The van der Waals surface area contributed by atoms with Gasteiger partial charge in [0.25, 0.3) is 5.91 Å². The van der Waals surface area contributed by atoms with Gasteiger partial charge in [-0.1, -0.05) is 16.8 Å². The largest absolute Gasteiger partial charge is 0.324 e. The van der Waals surface area contributed by atoms with E-state index in [0.29, 0.717) is 22.5 Å². The summed E-state index contributed by atoms with van der Waals surface area (Å²) in [7, 11) is 0. The summed E-state index contributed by atoms with van der Waals surface area (Å²) in [6.07, 6.45) is 0. The Morgan fingerprint density at radius 3 is 2.50 bits per heavy atom. The van der Waals surface area contributed by atoms with Gasteiger partial charge in [-0.15, -0.1) is 5.10 Å². The molecule has 7 nitrogen and oxygen atoms in total. The standard InChI is InChI=1S/C18H14ClF2N5O2/c1-10-17(18(28)23-15-7-4-12(20)8-14(15)21)24-25-26(10)9-16(27)22-13-5-2-11(19)3-6-13/h2-8H,9H2,1H3,(H,22,27)(H,23,28). The van der Waals surface area contributed by atoms with E-state index in [4.69, 9.17) is 11.6 Å². The fourth-order valence-corrected chi connectivity index (χ4v) is 2.49. The average molecular weight is 406 g/mol. The zero-order valence-corrected chi connectivity index (χ0v) is 15.3. The van der Waals surface area contributed by atoms with E-state index in [0.717, 1.165) is 12.1 Å². The lowest BCUT2D eigenvalue weighted by Crippen LogP contribution is -2.21. The molecule has 1 heterocycles. The molecule has 0 saturated heterocycles. The van der Waals surface area contributed by atoms with Gasteiger partial charge >= 0.3 is 0 Å². The third kappa shape index (κ3) is 4.49. The Bertz CT molecular complexity index is 1040. The van der Waals surface area contributed by atoms with Crippen molar-refractivity contribution in [2.75, 3.05) is 10.6 Å². The lowest BCUT2D eigenvalue weighted by Gasteiger charge is -2.07. The van der Waals surface area contributed by atoms with Gasteiger partial charge in [0.15, 0.2) is 5.69 Å². The van der Waals surface area contributed by atoms with Crippen LogP contribution in [0, 0.1) is 18.6 Å². The van der Waals surface area contributed by atoms with Crippen molar-refractivity contribution in [3.63, 3.8) is 0 Å². The SMILES string of the molecule is Cc1c(C(=O)Nc2ccc(F)cc2F)nnn1CC(=O)Nc1ccc(Cl)cc1. The number of rotatable bonds is 5. The maximum atomic E-state index is 13.7. The van der Waals surface area contributed by atoms with Gasteiger partial charge in [-0.3, -0.25) is 9.59 Å². The maximum absolute atomic E-state index is 13.7. The zero-order chi connectivity index (χ0) is 20.3. The van der Waals surface area contributed by atoms with Crippen LogP contribution < -0.4 is 10.6 Å². The molecular weight excluding hydrogens is 392 g/mol. The van der Waals surface area contributed by atoms with Crippen LogP contribution in [0.1, 0.15) is 16.2 Å². The summed E-state index contributed by atoms with van der Waals surface area (Å²) < 4.78 is 27.9. The first-order valence-corrected chi connectivity index (χ1v) is 8.43. The molecule has 2 aromatic carbocycles. The van der Waals surface area contributed by atoms with Gasteiger partial charge in [-0.25, -0.2) is 13.5 Å². The summed E-state index contributed by atoms with van der Waals surface area (Å²) in [5, 5.41) is 13.0. The summed E-state index contributed by atoms with van der Waals surface area (Å²) in [6, 6.07) is 9.32. The maximum Gasteiger partial charge on any atom is 0.278 e. The van der Waals surface area contributed by atoms with Crippen molar-refractivity contribution in [2.24, 2.45) is 0 Å². The van der Waals surface area contributed by atoms with Crippen LogP contribution in [0.5, 0.6) is 0 Å². The van der Waals surface area contributed by atoms with E-state index in [1.165, 1.54) is 4.68 Å². The predicted octanol–water partition coefficient (Wildman–Crippen LogP) is 3.41. The van der Waals surface area contributed by atoms with Crippen molar-refractivity contribution in [3.05, 3.63) is 70.5 Å². The average Bonchev–Trinajstić information content (AvgIpc) is 3.00. The number of halogens is 3. The summed E-state index contributed by atoms with van der Waals surface area (Å²) >= 11 is 5.79. The molecule has 3 aromatic rings. The minimum absolute atomic E-state index is 0.0805. The lowest BCUT2D eigenvalue weighted by molar-refractivity contribution is -0.117. The van der Waals surface area contributed by atoms with Gasteiger partial charge in [-0.2, -0.15) is 0 Å². The van der Waals surface area contributed by atoms with Crippen molar-refractivity contribution in [1.82, 2.24) is 15.0 Å². The fourth-order valence-electron chi connectivity index (χ4n) is 2.36. The predicted molar refractivity (Wildman–Crippen MR) is 99.2 cm³/mol. The van der Waals surface area contributed by atoms with Crippen molar-refractivity contribution in [1.29, 1.82) is 0 Å². The van der Waals surface area contributed by atoms with E-state index >= 15 is 0 Å². The topological polar surface area (TPSA) is 88.9 Å². The molecule has 0 atom stereocenters. The molecule has 0 fully saturated rings. The fraction of sp³-hybridized carbons (Fsp3) is 0.111. The van der Waals surface area contributed by atoms with E-state index in [1.807, 2.05) is 0 Å². The van der Waals surface area contributed by atoms with Crippen LogP contribution in [0.2, 0.25) is 5.02 Å². The van der Waals surface area contributed by atoms with Crippen molar-refractivity contribution >= 4 is 34.8 Å². The first-order valence-electron chi connectivity index (χ1n) is 8.05. The summed E-state index contributed by atoms with van der Waals surface area (Å²) in [4.78, 5) is 24.4. The molecule has 0 unspecified atom stereocenters. The molecule has 0 aliphatic rings. The molecule has 0 saturated carbocycles. The van der Waals surface area contributed by atoms with E-state index in [1.54, 1.807) is 31.2 Å². The quantitative estimate of drug-likeness (QED) is 0.680. The van der Waals surface area contributed by atoms with Crippen LogP contribution in [0.15, 0.2) is 42.5 Å². The van der Waals surface area contributed by atoms with Gasteiger partial charge in [0.05, 0.1) is 11.4 Å². The lowest BCUT2D eigenvalue weighted by atomic mass is 10.2. The molecule has 0 aliphatic carbocycles. The van der Waals surface area contributed by atoms with Gasteiger partial charge < -0.3 is 10.6 Å². The number of carbonyl (C=O) groups is 2. The number of anilines is 2. The Hall–Kier alpha value is -3.33. The van der Waals surface area contributed by atoms with E-state index in [2.05, 4.69) is 20.9 Å². The minimum Gasteiger partial charge on any atom is -0.324 e. The summed E-state index contributed by atoms with van der Waals surface area (Å²) in [5.41, 5.74) is 0.590. The van der Waals surface area contributed by atoms with Gasteiger partial charge in [0, 0.05) is 16.8 Å². The second-order valence-electron chi connectivity index (χ2n) is 5.81. The number of amides is 2. The Kier molecular flexibility index (Phi) is 5.65. The number of nitrogens with zero attached hydrogens (tertiary/aromatic N) is 3. The number of hydrogen-bond donors (Lipinski definition) is 2. The molecule has 0 radical (unpaired) electrons. The number of benzene rings is 2. The van der Waals surface area contributed by atoms with Crippen molar-refractivity contribution in [2.45, 2.75) is 13.5 Å². The van der Waals surface area contributed by atoms with Crippen LogP contribution in [-0.2, 0) is 11.3 Å². The second-order valence-corrected chi connectivity index (χ2v) is 6.25. The molecule has 1 aromatic heterocycles. The number of hydrogen-bond acceptors (Lipinski definition) is 4. The Labute approximate surface area is 163 Å². The molecule has 0 bridgehead atoms. The first-order chi connectivity index (χ1) is 13.3. The van der Waals surface area contributed by atoms with E-state index in [9.17, 15) is 18.4 Å². The highest BCUT2D eigenvalue weighted by atomic mass is 35.5. The zero-order valence-electron chi connectivity index (χ0n) is 14.5. The van der Waals surface area contributed by atoms with E-state index in [-0.39, 0.29) is 23.8 Å². The molecule has 0 spiro atoms. The van der Waals surface area contributed by atoms with Crippen LogP contribution in [0.25, 0.3) is 0 Å². The van der Waals surface area contributed by atoms with Crippen LogP contribution in [-0.4, -0.2) is 26.8 Å². The molecule has 28 heavy (non-hydrogen) atoms. The number of aromatic nitrogens is 3. The highest BCUT2D eigenvalue weighted by Crippen LogP contribution is 2.17. The van der Waals surface area contributed by atoms with Crippen molar-refractivity contribution in [3.8, 4) is 0 Å². The Morgan fingerprint density at radius 2 is 1.82 bits per heavy atom. The van der Waals surface area contributed by atoms with Gasteiger partial charge in [-0.05, 0) is 43.3 Å². The van der Waals surface area contributed by atoms with Crippen LogP contribution in [0.4, 0.5) is 20.2 Å². The molecule has 144 valence electrons. The molecular formula is C18H14ClF2N5O2. The molecule has 2 amide bonds. The third-order valence-corrected chi connectivity index (χ3v) is 4.05. The first kappa shape index (κ1) is 19.4. The van der Waals surface area contributed by atoms with Gasteiger partial charge in [0.2, 0.25) is 5.91 Å². The van der Waals surface area contributed by atoms with Gasteiger partial charge in [0.1, 0.15) is 18.2 Å². The van der Waals surface area contributed by atoms with E-state index < -0.39 is 17.5 Å². The highest BCUT2D eigenvalue weighted by Gasteiger charge is 2.19. The summed E-state index contributed by atoms with van der Waals surface area (Å²) in [6.45, 7) is 1.37. The number of carbonyl (C=O) groups excluding carboxylic acids is 2. The smallest absolute Gasteiger partial charge is 0.278 e. The monoisotopic (exact) mass is 405 g/mol. The second kappa shape index (κ2) is 8.13. The normalized spacial score (nSPS) is 10.6. The summed E-state index contributed by atoms with van der Waals surface area (Å²) in [5.74, 6) is -2.79. The molecule has 0 aliphatic heterocycles. The molecule has 10 heteroatoms. The Balaban J connectivity index is 1.68. The minimum atomic E-state index is -0.916. The third-order valence-electron chi connectivity index (χ3n) is 3.80. The van der Waals surface area contributed by atoms with Crippen molar-refractivity contribution < 1.29 is 18.4 Å². The highest BCUT2D eigenvalue weighted by molar-refractivity contribution is 6.30. The Morgan fingerprint density at radius 1 is 1.11 bits per heavy atom. The molecule has 2 N–H and O–H groups in total. The number of nitrogens with one attached hydrogen (secondary N) is 2. The van der Waals surface area contributed by atoms with Crippen LogP contribution >= 0.6 is 11.6 Å². The van der Waals surface area contributed by atoms with Crippen LogP contribution in [0.3, 0.4) is 0 Å².